The Morgan fingerprint density at radius 1 is 1.22 bits per heavy atom. The largest absolute Gasteiger partial charge is 0.493 e. The van der Waals surface area contributed by atoms with Crippen molar-refractivity contribution in [1.82, 2.24) is 16.1 Å². The normalized spacial score (nSPS) is 15.3. The van der Waals surface area contributed by atoms with Crippen LogP contribution in [0.2, 0.25) is 0 Å². The fourth-order valence-electron chi connectivity index (χ4n) is 3.92. The second-order valence-electron chi connectivity index (χ2n) is 8.43. The topological polar surface area (TPSA) is 149 Å². The van der Waals surface area contributed by atoms with Crippen molar-refractivity contribution in [2.75, 3.05) is 34.0 Å². The number of hydrogen-bond acceptors (Lipinski definition) is 10. The summed E-state index contributed by atoms with van der Waals surface area (Å²) in [6.45, 7) is 3.59. The Morgan fingerprint density at radius 2 is 2.00 bits per heavy atom. The summed E-state index contributed by atoms with van der Waals surface area (Å²) < 4.78 is 28.1. The van der Waals surface area contributed by atoms with Gasteiger partial charge in [-0.2, -0.15) is 5.10 Å². The van der Waals surface area contributed by atoms with Gasteiger partial charge >= 0.3 is 12.0 Å². The highest BCUT2D eigenvalue weighted by molar-refractivity contribution is 9.10. The second kappa shape index (κ2) is 14.8. The van der Waals surface area contributed by atoms with Crippen LogP contribution in [-0.2, 0) is 9.53 Å². The van der Waals surface area contributed by atoms with Crippen molar-refractivity contribution < 1.29 is 38.4 Å². The zero-order chi connectivity index (χ0) is 29.9. The first-order chi connectivity index (χ1) is 19.7. The van der Waals surface area contributed by atoms with E-state index >= 15 is 0 Å². The Balaban J connectivity index is 1.73. The molecular formula is C28H31BrN4O8. The lowest BCUT2D eigenvalue weighted by molar-refractivity contribution is -0.136. The molecule has 0 fully saturated rings. The molecule has 0 radical (unpaired) electrons. The molecule has 4 N–H and O–H groups in total. The first-order valence-electron chi connectivity index (χ1n) is 12.4. The van der Waals surface area contributed by atoms with E-state index < -0.39 is 24.3 Å². The minimum absolute atomic E-state index is 0.0353. The molecule has 1 aliphatic heterocycles. The number of halogens is 1. The van der Waals surface area contributed by atoms with Crippen molar-refractivity contribution in [1.29, 1.82) is 0 Å². The van der Waals surface area contributed by atoms with Crippen molar-refractivity contribution in [3.63, 3.8) is 0 Å². The van der Waals surface area contributed by atoms with Gasteiger partial charge in [0, 0.05) is 15.7 Å². The van der Waals surface area contributed by atoms with Gasteiger partial charge in [-0.1, -0.05) is 27.9 Å². The van der Waals surface area contributed by atoms with E-state index in [0.29, 0.717) is 46.4 Å². The number of nitrogens with one attached hydrogen (secondary N) is 3. The maximum Gasteiger partial charge on any atom is 0.337 e. The van der Waals surface area contributed by atoms with Crippen LogP contribution in [0.3, 0.4) is 0 Å². The number of benzene rings is 2. The first kappa shape index (κ1) is 31.1. The fraction of sp³-hybridized carbons (Fsp3) is 0.321. The standard InChI is InChI=1S/C28H31BrN4O8/c1-6-10-40-26-18(11-19(29)13-22(26)37-4)14-30-33-23(34)15-41-20-9-8-17(12-21(20)39-7-2)25-24(27(35)38-5)16(3)31-28(36)32-25/h1,8-9,11-14,23,25,33-34H,7,10,15H2,2-5H3,(H2,31,32,36)/b30-14+/t23-,25+/m0/s1. The fourth-order valence-corrected chi connectivity index (χ4v) is 4.37. The van der Waals surface area contributed by atoms with Crippen molar-refractivity contribution >= 4 is 34.1 Å². The van der Waals surface area contributed by atoms with Crippen molar-refractivity contribution in [3.8, 4) is 35.3 Å². The molecule has 3 rings (SSSR count). The number of carbonyl (C=O) groups is 2. The number of carbonyl (C=O) groups excluding carboxylic acids is 2. The highest BCUT2D eigenvalue weighted by Gasteiger charge is 2.32. The Morgan fingerprint density at radius 3 is 2.68 bits per heavy atom. The first-order valence-corrected chi connectivity index (χ1v) is 13.2. The summed E-state index contributed by atoms with van der Waals surface area (Å²) in [4.78, 5) is 24.5. The lowest BCUT2D eigenvalue weighted by Crippen LogP contribution is -2.45. The number of allylic oxidation sites excluding steroid dienone is 1. The lowest BCUT2D eigenvalue weighted by Gasteiger charge is -2.28. The summed E-state index contributed by atoms with van der Waals surface area (Å²) in [5.74, 6) is 3.37. The summed E-state index contributed by atoms with van der Waals surface area (Å²) >= 11 is 3.41. The molecule has 0 unspecified atom stereocenters. The van der Waals surface area contributed by atoms with Crippen LogP contribution in [0.4, 0.5) is 4.79 Å². The van der Waals surface area contributed by atoms with Crippen molar-refractivity contribution in [3.05, 3.63) is 57.2 Å². The lowest BCUT2D eigenvalue weighted by atomic mass is 9.95. The Hall–Kier alpha value is -4.41. The molecule has 218 valence electrons. The number of amides is 2. The molecule has 0 spiro atoms. The van der Waals surface area contributed by atoms with Crippen LogP contribution in [-0.4, -0.2) is 63.6 Å². The van der Waals surface area contributed by atoms with Crippen LogP contribution in [0.1, 0.15) is 31.0 Å². The Labute approximate surface area is 246 Å². The van der Waals surface area contributed by atoms with Gasteiger partial charge < -0.3 is 39.4 Å². The zero-order valence-electron chi connectivity index (χ0n) is 22.9. The molecule has 0 aromatic heterocycles. The number of urea groups is 1. The number of rotatable bonds is 13. The summed E-state index contributed by atoms with van der Waals surface area (Å²) in [5.41, 5.74) is 4.36. The molecule has 0 saturated heterocycles. The van der Waals surface area contributed by atoms with Gasteiger partial charge in [0.25, 0.3) is 0 Å². The van der Waals surface area contributed by atoms with E-state index in [1.54, 1.807) is 44.2 Å². The van der Waals surface area contributed by atoms with Gasteiger partial charge in [0.05, 0.1) is 38.7 Å². The molecular weight excluding hydrogens is 600 g/mol. The molecule has 1 heterocycles. The van der Waals surface area contributed by atoms with Crippen LogP contribution >= 0.6 is 15.9 Å². The van der Waals surface area contributed by atoms with Crippen LogP contribution in [0.15, 0.2) is 51.2 Å². The molecule has 2 atom stereocenters. The molecule has 0 bridgehead atoms. The second-order valence-corrected chi connectivity index (χ2v) is 9.35. The Bertz CT molecular complexity index is 1370. The predicted octanol–water partition coefficient (Wildman–Crippen LogP) is 2.99. The van der Waals surface area contributed by atoms with Crippen LogP contribution in [0.25, 0.3) is 0 Å². The molecule has 41 heavy (non-hydrogen) atoms. The predicted molar refractivity (Wildman–Crippen MR) is 154 cm³/mol. The molecule has 2 amide bonds. The third kappa shape index (κ3) is 8.06. The minimum Gasteiger partial charge on any atom is -0.493 e. The highest BCUT2D eigenvalue weighted by atomic mass is 79.9. The summed E-state index contributed by atoms with van der Waals surface area (Å²) in [6.07, 6.45) is 5.57. The van der Waals surface area contributed by atoms with E-state index in [1.807, 2.05) is 0 Å². The van der Waals surface area contributed by atoms with Gasteiger partial charge in [-0.15, -0.1) is 6.42 Å². The van der Waals surface area contributed by atoms with E-state index in [4.69, 9.17) is 30.1 Å². The number of methoxy groups -OCH3 is 2. The third-order valence-corrected chi connectivity index (χ3v) is 6.13. The number of terminal acetylenes is 1. The molecule has 0 aliphatic carbocycles. The van der Waals surface area contributed by atoms with E-state index in [1.165, 1.54) is 20.4 Å². The van der Waals surface area contributed by atoms with E-state index in [2.05, 4.69) is 43.0 Å². The number of ether oxygens (including phenoxy) is 5. The van der Waals surface area contributed by atoms with Gasteiger partial charge in [0.15, 0.2) is 29.2 Å². The average Bonchev–Trinajstić information content (AvgIpc) is 2.95. The van der Waals surface area contributed by atoms with Gasteiger partial charge in [-0.3, -0.25) is 5.43 Å². The van der Waals surface area contributed by atoms with Crippen LogP contribution in [0, 0.1) is 12.3 Å². The van der Waals surface area contributed by atoms with Gasteiger partial charge in [0.1, 0.15) is 13.2 Å². The smallest absolute Gasteiger partial charge is 0.337 e. The number of hydrazone groups is 1. The van der Waals surface area contributed by atoms with E-state index in [0.717, 1.165) is 4.47 Å². The molecule has 0 saturated carbocycles. The quantitative estimate of drug-likeness (QED) is 0.0861. The summed E-state index contributed by atoms with van der Waals surface area (Å²) in [6, 6.07) is 7.22. The van der Waals surface area contributed by atoms with E-state index in [-0.39, 0.29) is 18.8 Å². The average molecular weight is 631 g/mol. The molecule has 12 nitrogen and oxygen atoms in total. The molecule has 1 aliphatic rings. The highest BCUT2D eigenvalue weighted by Crippen LogP contribution is 2.35. The summed E-state index contributed by atoms with van der Waals surface area (Å²) in [7, 11) is 2.77. The zero-order valence-corrected chi connectivity index (χ0v) is 24.5. The molecule has 2 aromatic rings. The number of nitrogens with zero attached hydrogens (tertiary/aromatic N) is 1. The summed E-state index contributed by atoms with van der Waals surface area (Å²) in [5, 5.41) is 19.8. The van der Waals surface area contributed by atoms with Crippen LogP contribution < -0.4 is 35.0 Å². The maximum atomic E-state index is 12.4. The van der Waals surface area contributed by atoms with Crippen molar-refractivity contribution in [2.45, 2.75) is 26.1 Å². The third-order valence-electron chi connectivity index (χ3n) is 5.67. The molecule has 13 heteroatoms. The SMILES string of the molecule is C#CCOc1c(/C=N/N[C@@H](O)COc2ccc([C@H]3NC(=O)NC(C)=C3C(=O)OC)cc2OCC)cc(Br)cc1OC. The molecule has 2 aromatic carbocycles. The Kier molecular flexibility index (Phi) is 11.3. The number of esters is 1. The minimum atomic E-state index is -1.19. The number of hydrogen-bond donors (Lipinski definition) is 4. The maximum absolute atomic E-state index is 12.4. The van der Waals surface area contributed by atoms with Crippen LogP contribution in [0.5, 0.6) is 23.0 Å². The van der Waals surface area contributed by atoms with Gasteiger partial charge in [-0.25, -0.2) is 9.59 Å². The number of aliphatic hydroxyl groups is 1. The van der Waals surface area contributed by atoms with Gasteiger partial charge in [0.2, 0.25) is 0 Å². The van der Waals surface area contributed by atoms with Gasteiger partial charge in [-0.05, 0) is 43.7 Å². The van der Waals surface area contributed by atoms with Crippen molar-refractivity contribution in [2.24, 2.45) is 5.10 Å². The number of aliphatic hydroxyl groups excluding tert-OH is 1. The van der Waals surface area contributed by atoms with E-state index in [9.17, 15) is 14.7 Å². The monoisotopic (exact) mass is 630 g/mol.